The number of hydrogen-bond donors (Lipinski definition) is 1. The van der Waals surface area contributed by atoms with Crippen LogP contribution in [0.4, 0.5) is 5.69 Å². The van der Waals surface area contributed by atoms with Crippen LogP contribution in [0, 0.1) is 6.92 Å². The van der Waals surface area contributed by atoms with Crippen molar-refractivity contribution in [3.8, 4) is 0 Å². The number of nitrogens with two attached hydrogens (primary N) is 1. The van der Waals surface area contributed by atoms with Crippen LogP contribution in [0.5, 0.6) is 0 Å². The van der Waals surface area contributed by atoms with Gasteiger partial charge in [-0.3, -0.25) is 4.79 Å². The maximum absolute atomic E-state index is 11.4. The average Bonchev–Trinajstić information content (AvgIpc) is 2.39. The summed E-state index contributed by atoms with van der Waals surface area (Å²) in [6.07, 6.45) is 1.86. The number of nitrogen functional groups attached to an aromatic ring is 1. The maximum Gasteiger partial charge on any atom is 0.219 e. The Kier molecular flexibility index (Phi) is 2.86. The van der Waals surface area contributed by atoms with Crippen LogP contribution in [0.2, 0.25) is 0 Å². The third kappa shape index (κ3) is 2.03. The monoisotopic (exact) mass is 218 g/mol. The Balaban J connectivity index is 2.30. The van der Waals surface area contributed by atoms with Gasteiger partial charge in [0.1, 0.15) is 0 Å². The van der Waals surface area contributed by atoms with Crippen LogP contribution in [0.15, 0.2) is 12.1 Å². The molecule has 0 atom stereocenters. The van der Waals surface area contributed by atoms with Gasteiger partial charge >= 0.3 is 0 Å². The summed E-state index contributed by atoms with van der Waals surface area (Å²) in [7, 11) is 0. The molecule has 1 aliphatic heterocycles. The fraction of sp³-hybridized carbons (Fsp3) is 0.462. The molecule has 0 spiro atoms. The van der Waals surface area contributed by atoms with E-state index in [1.54, 1.807) is 6.92 Å². The zero-order valence-corrected chi connectivity index (χ0v) is 9.92. The largest absolute Gasteiger partial charge is 0.399 e. The van der Waals surface area contributed by atoms with Gasteiger partial charge in [0.2, 0.25) is 5.91 Å². The van der Waals surface area contributed by atoms with Crippen molar-refractivity contribution in [2.24, 2.45) is 0 Å². The lowest BCUT2D eigenvalue weighted by Crippen LogP contribution is -2.30. The van der Waals surface area contributed by atoms with Gasteiger partial charge in [-0.1, -0.05) is 0 Å². The fourth-order valence-electron chi connectivity index (χ4n) is 2.43. The Morgan fingerprint density at radius 3 is 2.69 bits per heavy atom. The topological polar surface area (TPSA) is 46.3 Å². The molecule has 0 aromatic heterocycles. The number of amides is 1. The van der Waals surface area contributed by atoms with E-state index in [-0.39, 0.29) is 5.91 Å². The van der Waals surface area contributed by atoms with Gasteiger partial charge in [0.05, 0.1) is 0 Å². The van der Waals surface area contributed by atoms with E-state index in [0.29, 0.717) is 0 Å². The van der Waals surface area contributed by atoms with Gasteiger partial charge in [0.15, 0.2) is 0 Å². The van der Waals surface area contributed by atoms with Crippen LogP contribution in [0.25, 0.3) is 0 Å². The molecule has 0 unspecified atom stereocenters. The minimum Gasteiger partial charge on any atom is -0.399 e. The van der Waals surface area contributed by atoms with Gasteiger partial charge in [0, 0.05) is 25.7 Å². The third-order valence-electron chi connectivity index (χ3n) is 3.32. The van der Waals surface area contributed by atoms with Crippen LogP contribution in [-0.4, -0.2) is 23.9 Å². The van der Waals surface area contributed by atoms with E-state index >= 15 is 0 Å². The molecule has 1 aromatic rings. The Morgan fingerprint density at radius 1 is 1.31 bits per heavy atom. The van der Waals surface area contributed by atoms with Gasteiger partial charge in [0.25, 0.3) is 0 Å². The van der Waals surface area contributed by atoms with Crippen molar-refractivity contribution < 1.29 is 4.79 Å². The SMILES string of the molecule is CC(=O)N1CCc2cc(N)cc(C)c2CC1. The lowest BCUT2D eigenvalue weighted by atomic mass is 9.97. The van der Waals surface area contributed by atoms with Crippen molar-refractivity contribution in [2.75, 3.05) is 18.8 Å². The van der Waals surface area contributed by atoms with Crippen LogP contribution in [0.3, 0.4) is 0 Å². The van der Waals surface area contributed by atoms with Crippen molar-refractivity contribution in [1.82, 2.24) is 4.90 Å². The van der Waals surface area contributed by atoms with Gasteiger partial charge in [-0.25, -0.2) is 0 Å². The normalized spacial score (nSPS) is 15.5. The van der Waals surface area contributed by atoms with Gasteiger partial charge in [-0.05, 0) is 48.6 Å². The zero-order valence-electron chi connectivity index (χ0n) is 9.92. The predicted molar refractivity (Wildman–Crippen MR) is 65.3 cm³/mol. The predicted octanol–water partition coefficient (Wildman–Crippen LogP) is 1.52. The minimum atomic E-state index is 0.165. The second-order valence-corrected chi connectivity index (χ2v) is 4.48. The molecule has 86 valence electrons. The molecule has 0 aliphatic carbocycles. The minimum absolute atomic E-state index is 0.165. The highest BCUT2D eigenvalue weighted by Crippen LogP contribution is 2.22. The molecule has 2 N–H and O–H groups in total. The first-order chi connectivity index (χ1) is 7.58. The van der Waals surface area contributed by atoms with Crippen LogP contribution in [0.1, 0.15) is 23.6 Å². The molecule has 0 fully saturated rings. The highest BCUT2D eigenvalue weighted by molar-refractivity contribution is 5.73. The highest BCUT2D eigenvalue weighted by Gasteiger charge is 2.17. The van der Waals surface area contributed by atoms with E-state index in [2.05, 4.69) is 6.92 Å². The number of carbonyl (C=O) groups is 1. The fourth-order valence-corrected chi connectivity index (χ4v) is 2.43. The summed E-state index contributed by atoms with van der Waals surface area (Å²) in [5.41, 5.74) is 10.6. The number of fused-ring (bicyclic) bond motifs is 1. The summed E-state index contributed by atoms with van der Waals surface area (Å²) in [5.74, 6) is 0.165. The molecule has 0 radical (unpaired) electrons. The number of benzene rings is 1. The molecule has 0 saturated carbocycles. The van der Waals surface area contributed by atoms with E-state index in [1.165, 1.54) is 16.7 Å². The number of anilines is 1. The Morgan fingerprint density at radius 2 is 2.00 bits per heavy atom. The first kappa shape index (κ1) is 11.0. The summed E-state index contributed by atoms with van der Waals surface area (Å²) in [6.45, 7) is 5.37. The summed E-state index contributed by atoms with van der Waals surface area (Å²) in [4.78, 5) is 13.3. The van der Waals surface area contributed by atoms with E-state index in [4.69, 9.17) is 5.73 Å². The molecule has 1 amide bonds. The zero-order chi connectivity index (χ0) is 11.7. The molecular formula is C13H18N2O. The molecule has 16 heavy (non-hydrogen) atoms. The molecule has 1 aliphatic rings. The van der Waals surface area contributed by atoms with Gasteiger partial charge in [-0.2, -0.15) is 0 Å². The number of rotatable bonds is 0. The number of carbonyl (C=O) groups excluding carboxylic acids is 1. The Bertz CT molecular complexity index is 426. The standard InChI is InChI=1S/C13H18N2O/c1-9-7-12(14)8-11-3-5-15(10(2)16)6-4-13(9)11/h7-8H,3-6,14H2,1-2H3. The van der Waals surface area contributed by atoms with Crippen LogP contribution in [-0.2, 0) is 17.6 Å². The second kappa shape index (κ2) is 4.16. The van der Waals surface area contributed by atoms with E-state index in [1.807, 2.05) is 17.0 Å². The molecule has 0 bridgehead atoms. The smallest absolute Gasteiger partial charge is 0.219 e. The maximum atomic E-state index is 11.4. The first-order valence-corrected chi connectivity index (χ1v) is 5.71. The molecule has 0 saturated heterocycles. The van der Waals surface area contributed by atoms with Crippen molar-refractivity contribution in [2.45, 2.75) is 26.7 Å². The van der Waals surface area contributed by atoms with Crippen molar-refractivity contribution in [1.29, 1.82) is 0 Å². The van der Waals surface area contributed by atoms with Crippen LogP contribution < -0.4 is 5.73 Å². The first-order valence-electron chi connectivity index (χ1n) is 5.71. The van der Waals surface area contributed by atoms with Crippen molar-refractivity contribution in [3.63, 3.8) is 0 Å². The summed E-state index contributed by atoms with van der Waals surface area (Å²) < 4.78 is 0. The summed E-state index contributed by atoms with van der Waals surface area (Å²) in [6, 6.07) is 4.06. The Labute approximate surface area is 96.2 Å². The van der Waals surface area contributed by atoms with Crippen molar-refractivity contribution in [3.05, 3.63) is 28.8 Å². The average molecular weight is 218 g/mol. The molecule has 2 rings (SSSR count). The summed E-state index contributed by atoms with van der Waals surface area (Å²) in [5, 5.41) is 0. The molecule has 1 aromatic carbocycles. The second-order valence-electron chi connectivity index (χ2n) is 4.48. The van der Waals surface area contributed by atoms with E-state index in [0.717, 1.165) is 31.6 Å². The molecule has 1 heterocycles. The number of nitrogens with zero attached hydrogens (tertiary/aromatic N) is 1. The highest BCUT2D eigenvalue weighted by atomic mass is 16.2. The van der Waals surface area contributed by atoms with E-state index in [9.17, 15) is 4.79 Å². The lowest BCUT2D eigenvalue weighted by molar-refractivity contribution is -0.128. The molecular weight excluding hydrogens is 200 g/mol. The quantitative estimate of drug-likeness (QED) is 0.671. The number of hydrogen-bond acceptors (Lipinski definition) is 2. The lowest BCUT2D eigenvalue weighted by Gasteiger charge is -2.17. The van der Waals surface area contributed by atoms with Crippen LogP contribution >= 0.6 is 0 Å². The van der Waals surface area contributed by atoms with Crippen molar-refractivity contribution >= 4 is 11.6 Å². The summed E-state index contributed by atoms with van der Waals surface area (Å²) >= 11 is 0. The molecule has 3 nitrogen and oxygen atoms in total. The number of aryl methyl sites for hydroxylation is 1. The Hall–Kier alpha value is -1.51. The molecule has 3 heteroatoms. The van der Waals surface area contributed by atoms with Gasteiger partial charge < -0.3 is 10.6 Å². The third-order valence-corrected chi connectivity index (χ3v) is 3.32. The van der Waals surface area contributed by atoms with E-state index < -0.39 is 0 Å². The van der Waals surface area contributed by atoms with Gasteiger partial charge in [-0.15, -0.1) is 0 Å².